The molecule has 0 rings (SSSR count). The van der Waals surface area contributed by atoms with Crippen LogP contribution in [0.25, 0.3) is 0 Å². The van der Waals surface area contributed by atoms with E-state index < -0.39 is 17.6 Å². The standard InChI is InChI=1S/2C11H26N2O3SSi/c1-5-6-8-12-11(17)13-9-7-10-18(14-2,15-3)16-4;1-5-6-7-8-9-12-11(17)13-10-18(14-2,15-3)16-4/h2*5-10H2,1-4H3,(H2,12,13,17). The number of unbranched alkanes of at least 4 members (excludes halogenated alkanes) is 4. The zero-order chi connectivity index (χ0) is 27.7. The summed E-state index contributed by atoms with van der Waals surface area (Å²) in [4.78, 5) is 0. The first-order valence-corrected chi connectivity index (χ1v) is 17.3. The minimum absolute atomic E-state index is 0.470. The van der Waals surface area contributed by atoms with E-state index in [-0.39, 0.29) is 0 Å². The average Bonchev–Trinajstić information content (AvgIpc) is 2.91. The molecule has 0 saturated carbocycles. The fraction of sp³-hybridized carbons (Fsp3) is 0.909. The van der Waals surface area contributed by atoms with Gasteiger partial charge in [-0.25, -0.2) is 0 Å². The highest BCUT2D eigenvalue weighted by Crippen LogP contribution is 2.14. The molecule has 0 amide bonds. The molecule has 36 heavy (non-hydrogen) atoms. The van der Waals surface area contributed by atoms with Crippen molar-refractivity contribution < 1.29 is 26.6 Å². The van der Waals surface area contributed by atoms with Crippen LogP contribution in [0.3, 0.4) is 0 Å². The Labute approximate surface area is 233 Å². The first kappa shape index (κ1) is 37.7. The molecule has 216 valence electrons. The lowest BCUT2D eigenvalue weighted by Gasteiger charge is -2.25. The maximum absolute atomic E-state index is 5.34. The smallest absolute Gasteiger partial charge is 0.377 e. The van der Waals surface area contributed by atoms with Crippen LogP contribution < -0.4 is 21.3 Å². The van der Waals surface area contributed by atoms with Crippen LogP contribution in [0.2, 0.25) is 6.04 Å². The predicted molar refractivity (Wildman–Crippen MR) is 159 cm³/mol. The van der Waals surface area contributed by atoms with Gasteiger partial charge in [0, 0.05) is 68.3 Å². The Kier molecular flexibility index (Phi) is 26.1. The number of hydrogen-bond donors (Lipinski definition) is 4. The second-order valence-corrected chi connectivity index (χ2v) is 14.8. The van der Waals surface area contributed by atoms with E-state index in [0.29, 0.717) is 16.4 Å². The fourth-order valence-corrected chi connectivity index (χ4v) is 6.53. The molecular weight excluding hydrogens is 537 g/mol. The third-order valence-electron chi connectivity index (χ3n) is 5.41. The Morgan fingerprint density at radius 3 is 1.39 bits per heavy atom. The van der Waals surface area contributed by atoms with E-state index in [1.54, 1.807) is 42.7 Å². The van der Waals surface area contributed by atoms with Crippen LogP contribution in [0.4, 0.5) is 0 Å². The minimum atomic E-state index is -2.58. The Balaban J connectivity index is 0. The first-order chi connectivity index (χ1) is 17.3. The lowest BCUT2D eigenvalue weighted by molar-refractivity contribution is 0.123. The third-order valence-corrected chi connectivity index (χ3v) is 11.3. The second kappa shape index (κ2) is 24.9. The Morgan fingerprint density at radius 1 is 0.528 bits per heavy atom. The number of rotatable bonds is 20. The van der Waals surface area contributed by atoms with Crippen LogP contribution in [-0.2, 0) is 26.6 Å². The molecule has 0 aromatic heterocycles. The van der Waals surface area contributed by atoms with Crippen molar-refractivity contribution in [1.29, 1.82) is 0 Å². The Hall–Kier alpha value is -0.426. The van der Waals surface area contributed by atoms with Crippen molar-refractivity contribution in [2.75, 3.05) is 68.5 Å². The van der Waals surface area contributed by atoms with Crippen molar-refractivity contribution in [3.8, 4) is 0 Å². The van der Waals surface area contributed by atoms with Crippen molar-refractivity contribution >= 4 is 52.3 Å². The summed E-state index contributed by atoms with van der Waals surface area (Å²) in [7, 11) is 4.64. The number of thiocarbonyl (C=S) groups is 2. The summed E-state index contributed by atoms with van der Waals surface area (Å²) in [6, 6.07) is 0.779. The normalized spacial score (nSPS) is 11.3. The lowest BCUT2D eigenvalue weighted by atomic mass is 10.2. The summed E-state index contributed by atoms with van der Waals surface area (Å²) in [5.41, 5.74) is 0. The molecule has 0 heterocycles. The average molecular weight is 589 g/mol. The zero-order valence-electron chi connectivity index (χ0n) is 23.8. The summed E-state index contributed by atoms with van der Waals surface area (Å²) < 4.78 is 31.9. The van der Waals surface area contributed by atoms with Gasteiger partial charge in [0.2, 0.25) is 0 Å². The van der Waals surface area contributed by atoms with Gasteiger partial charge in [0.15, 0.2) is 10.2 Å². The van der Waals surface area contributed by atoms with Crippen LogP contribution >= 0.6 is 24.4 Å². The molecule has 10 nitrogen and oxygen atoms in total. The monoisotopic (exact) mass is 588 g/mol. The molecular formula is C22H52N4O6S2Si2. The van der Waals surface area contributed by atoms with Crippen LogP contribution in [0.1, 0.15) is 58.8 Å². The molecule has 0 aromatic carbocycles. The summed E-state index contributed by atoms with van der Waals surface area (Å²) >= 11 is 10.3. The maximum Gasteiger partial charge on any atom is 0.520 e. The van der Waals surface area contributed by atoms with Crippen LogP contribution in [-0.4, -0.2) is 96.3 Å². The van der Waals surface area contributed by atoms with Crippen molar-refractivity contribution in [2.45, 2.75) is 64.8 Å². The van der Waals surface area contributed by atoms with Gasteiger partial charge in [-0.3, -0.25) is 0 Å². The van der Waals surface area contributed by atoms with Gasteiger partial charge >= 0.3 is 17.6 Å². The fourth-order valence-electron chi connectivity index (χ4n) is 2.98. The van der Waals surface area contributed by atoms with Crippen molar-refractivity contribution in [1.82, 2.24) is 21.3 Å². The number of nitrogens with one attached hydrogen (secondary N) is 4. The van der Waals surface area contributed by atoms with E-state index in [4.69, 9.17) is 51.0 Å². The molecule has 0 atom stereocenters. The van der Waals surface area contributed by atoms with Gasteiger partial charge in [0.05, 0.1) is 6.17 Å². The van der Waals surface area contributed by atoms with Crippen molar-refractivity contribution in [3.63, 3.8) is 0 Å². The molecule has 0 radical (unpaired) electrons. The van der Waals surface area contributed by atoms with Gasteiger partial charge < -0.3 is 47.8 Å². The molecule has 0 fully saturated rings. The Morgan fingerprint density at radius 2 is 0.944 bits per heavy atom. The molecule has 4 N–H and O–H groups in total. The quantitative estimate of drug-likeness (QED) is 0.0955. The molecule has 14 heteroatoms. The van der Waals surface area contributed by atoms with Crippen LogP contribution in [0, 0.1) is 0 Å². The minimum Gasteiger partial charge on any atom is -0.377 e. The van der Waals surface area contributed by atoms with Gasteiger partial charge in [-0.1, -0.05) is 39.5 Å². The molecule has 0 spiro atoms. The van der Waals surface area contributed by atoms with E-state index >= 15 is 0 Å². The van der Waals surface area contributed by atoms with E-state index in [0.717, 1.165) is 44.9 Å². The molecule has 0 aliphatic carbocycles. The maximum atomic E-state index is 5.34. The van der Waals surface area contributed by atoms with Crippen molar-refractivity contribution in [2.24, 2.45) is 0 Å². The summed E-state index contributed by atoms with van der Waals surface area (Å²) in [5.74, 6) is 0. The van der Waals surface area contributed by atoms with E-state index in [2.05, 4.69) is 35.1 Å². The topological polar surface area (TPSA) is 104 Å². The molecule has 0 aliphatic heterocycles. The van der Waals surface area contributed by atoms with Crippen LogP contribution in [0.15, 0.2) is 0 Å². The van der Waals surface area contributed by atoms with E-state index in [1.165, 1.54) is 25.7 Å². The highest BCUT2D eigenvalue weighted by Gasteiger charge is 2.38. The molecule has 0 saturated heterocycles. The Bertz CT molecular complexity index is 532. The molecule has 0 unspecified atom stereocenters. The van der Waals surface area contributed by atoms with Gasteiger partial charge in [-0.05, 0) is 43.7 Å². The third kappa shape index (κ3) is 18.8. The van der Waals surface area contributed by atoms with Crippen molar-refractivity contribution in [3.05, 3.63) is 0 Å². The van der Waals surface area contributed by atoms with Gasteiger partial charge in [-0.2, -0.15) is 0 Å². The molecule has 0 aromatic rings. The summed E-state index contributed by atoms with van der Waals surface area (Å²) in [6.07, 6.45) is 8.56. The molecule has 0 aliphatic rings. The molecule has 0 bridgehead atoms. The summed E-state index contributed by atoms with van der Waals surface area (Å²) in [6.45, 7) is 6.97. The largest absolute Gasteiger partial charge is 0.520 e. The van der Waals surface area contributed by atoms with Gasteiger partial charge in [0.1, 0.15) is 0 Å². The highest BCUT2D eigenvalue weighted by atomic mass is 32.1. The van der Waals surface area contributed by atoms with Crippen LogP contribution in [0.5, 0.6) is 0 Å². The second-order valence-electron chi connectivity index (χ2n) is 7.90. The number of hydrogen-bond acceptors (Lipinski definition) is 8. The predicted octanol–water partition coefficient (Wildman–Crippen LogP) is 2.97. The summed E-state index contributed by atoms with van der Waals surface area (Å²) in [5, 5.41) is 13.9. The van der Waals surface area contributed by atoms with E-state index in [9.17, 15) is 0 Å². The van der Waals surface area contributed by atoms with E-state index in [1.807, 2.05) is 0 Å². The van der Waals surface area contributed by atoms with Gasteiger partial charge in [0.25, 0.3) is 0 Å². The first-order valence-electron chi connectivity index (χ1n) is 12.6. The highest BCUT2D eigenvalue weighted by molar-refractivity contribution is 7.80. The van der Waals surface area contributed by atoms with Gasteiger partial charge in [-0.15, -0.1) is 0 Å². The lowest BCUT2D eigenvalue weighted by Crippen LogP contribution is -2.54. The zero-order valence-corrected chi connectivity index (χ0v) is 27.4. The SMILES string of the molecule is CCCCCCNC(=S)NC[Si](OC)(OC)OC.CCCCNC(=S)NCCC[Si](OC)(OC)OC.